The van der Waals surface area contributed by atoms with Crippen LogP contribution < -0.4 is 0 Å². The lowest BCUT2D eigenvalue weighted by Crippen LogP contribution is -2.22. The van der Waals surface area contributed by atoms with E-state index in [0.29, 0.717) is 18.8 Å². The van der Waals surface area contributed by atoms with Gasteiger partial charge in [-0.15, -0.1) is 0 Å². The van der Waals surface area contributed by atoms with Crippen LogP contribution in [0.25, 0.3) is 0 Å². The van der Waals surface area contributed by atoms with Gasteiger partial charge in [0.2, 0.25) is 0 Å². The lowest BCUT2D eigenvalue weighted by molar-refractivity contribution is 0.00711. The summed E-state index contributed by atoms with van der Waals surface area (Å²) in [4.78, 5) is 0.256. The molecule has 0 amide bonds. The molecule has 1 N–H and O–H groups in total. The van der Waals surface area contributed by atoms with E-state index < -0.39 is 15.9 Å². The van der Waals surface area contributed by atoms with Gasteiger partial charge in [-0.05, 0) is 36.5 Å². The topological polar surface area (TPSA) is 63.6 Å². The zero-order valence-corrected chi connectivity index (χ0v) is 11.2. The fourth-order valence-corrected chi connectivity index (χ4v) is 2.91. The van der Waals surface area contributed by atoms with Gasteiger partial charge >= 0.3 is 0 Å². The molecule has 1 heterocycles. The molecule has 1 aliphatic rings. The van der Waals surface area contributed by atoms with Crippen LogP contribution in [0.4, 0.5) is 0 Å². The van der Waals surface area contributed by atoms with Crippen molar-refractivity contribution in [2.24, 2.45) is 5.92 Å². The molecule has 0 spiro atoms. The van der Waals surface area contributed by atoms with E-state index in [0.717, 1.165) is 12.8 Å². The SMILES string of the molecule is CS(=O)(=O)c1cccc(C(O)C2CCOCC2)c1. The van der Waals surface area contributed by atoms with E-state index in [9.17, 15) is 13.5 Å². The maximum Gasteiger partial charge on any atom is 0.175 e. The zero-order valence-electron chi connectivity index (χ0n) is 10.4. The summed E-state index contributed by atoms with van der Waals surface area (Å²) in [6, 6.07) is 6.56. The fraction of sp³-hybridized carbons (Fsp3) is 0.538. The summed E-state index contributed by atoms with van der Waals surface area (Å²) in [6.45, 7) is 1.32. The van der Waals surface area contributed by atoms with E-state index in [1.54, 1.807) is 24.3 Å². The van der Waals surface area contributed by atoms with Gasteiger partial charge in [0.25, 0.3) is 0 Å². The molecule has 0 saturated carbocycles. The van der Waals surface area contributed by atoms with Crippen LogP contribution in [-0.4, -0.2) is 33.0 Å². The summed E-state index contributed by atoms with van der Waals surface area (Å²) in [5.41, 5.74) is 0.671. The molecule has 1 atom stereocenters. The van der Waals surface area contributed by atoms with Gasteiger partial charge in [0.15, 0.2) is 9.84 Å². The quantitative estimate of drug-likeness (QED) is 0.905. The van der Waals surface area contributed by atoms with Gasteiger partial charge in [-0.2, -0.15) is 0 Å². The smallest absolute Gasteiger partial charge is 0.175 e. The molecule has 5 heteroatoms. The third kappa shape index (κ3) is 3.10. The molecule has 4 nitrogen and oxygen atoms in total. The molecule has 1 aromatic rings. The maximum atomic E-state index is 11.5. The van der Waals surface area contributed by atoms with E-state index >= 15 is 0 Å². The first-order chi connectivity index (χ1) is 8.48. The van der Waals surface area contributed by atoms with Crippen molar-refractivity contribution < 1.29 is 18.3 Å². The highest BCUT2D eigenvalue weighted by atomic mass is 32.2. The third-order valence-electron chi connectivity index (χ3n) is 3.34. The molecule has 1 unspecified atom stereocenters. The summed E-state index contributed by atoms with van der Waals surface area (Å²) in [6.07, 6.45) is 2.18. The molecular weight excluding hydrogens is 252 g/mol. The van der Waals surface area contributed by atoms with Crippen LogP contribution >= 0.6 is 0 Å². The molecule has 2 rings (SSSR count). The van der Waals surface area contributed by atoms with Crippen LogP contribution in [0.5, 0.6) is 0 Å². The van der Waals surface area contributed by atoms with Crippen LogP contribution in [0.2, 0.25) is 0 Å². The minimum absolute atomic E-state index is 0.147. The van der Waals surface area contributed by atoms with Crippen molar-refractivity contribution in [3.63, 3.8) is 0 Å². The number of ether oxygens (including phenoxy) is 1. The molecule has 1 saturated heterocycles. The highest BCUT2D eigenvalue weighted by molar-refractivity contribution is 7.90. The number of rotatable bonds is 3. The Kier molecular flexibility index (Phi) is 4.04. The van der Waals surface area contributed by atoms with Crippen molar-refractivity contribution in [2.45, 2.75) is 23.8 Å². The summed E-state index contributed by atoms with van der Waals surface area (Å²) in [5.74, 6) is 0.147. The Balaban J connectivity index is 2.22. The number of benzene rings is 1. The Morgan fingerprint density at radius 1 is 1.33 bits per heavy atom. The number of aliphatic hydroxyl groups is 1. The first-order valence-corrected chi connectivity index (χ1v) is 7.93. The van der Waals surface area contributed by atoms with Crippen molar-refractivity contribution in [3.8, 4) is 0 Å². The van der Waals surface area contributed by atoms with Gasteiger partial charge in [0, 0.05) is 19.5 Å². The van der Waals surface area contributed by atoms with Gasteiger partial charge in [-0.25, -0.2) is 8.42 Å². The average molecular weight is 270 g/mol. The molecule has 1 aromatic carbocycles. The minimum Gasteiger partial charge on any atom is -0.388 e. The van der Waals surface area contributed by atoms with Crippen molar-refractivity contribution >= 4 is 9.84 Å². The normalized spacial score (nSPS) is 19.7. The molecule has 1 fully saturated rings. The minimum atomic E-state index is -3.23. The molecule has 0 aliphatic carbocycles. The van der Waals surface area contributed by atoms with Crippen molar-refractivity contribution in [2.75, 3.05) is 19.5 Å². The average Bonchev–Trinajstić information content (AvgIpc) is 2.38. The standard InChI is InChI=1S/C13H18O4S/c1-18(15,16)12-4-2-3-11(9-12)13(14)10-5-7-17-8-6-10/h2-4,9-10,13-14H,5-8H2,1H3. The lowest BCUT2D eigenvalue weighted by atomic mass is 9.89. The summed E-state index contributed by atoms with van der Waals surface area (Å²) < 4.78 is 28.2. The van der Waals surface area contributed by atoms with E-state index in [2.05, 4.69) is 0 Å². The van der Waals surface area contributed by atoms with Crippen LogP contribution in [0.1, 0.15) is 24.5 Å². The first-order valence-electron chi connectivity index (χ1n) is 6.04. The predicted octanol–water partition coefficient (Wildman–Crippen LogP) is 1.55. The summed E-state index contributed by atoms with van der Waals surface area (Å²) in [7, 11) is -3.23. The Hall–Kier alpha value is -0.910. The van der Waals surface area contributed by atoms with Crippen molar-refractivity contribution in [3.05, 3.63) is 29.8 Å². The van der Waals surface area contributed by atoms with E-state index in [1.807, 2.05) is 0 Å². The monoisotopic (exact) mass is 270 g/mol. The Bertz CT molecular complexity index is 503. The lowest BCUT2D eigenvalue weighted by Gasteiger charge is -2.27. The van der Waals surface area contributed by atoms with Gasteiger partial charge in [-0.1, -0.05) is 12.1 Å². The summed E-state index contributed by atoms with van der Waals surface area (Å²) >= 11 is 0. The van der Waals surface area contributed by atoms with Crippen LogP contribution in [-0.2, 0) is 14.6 Å². The highest BCUT2D eigenvalue weighted by Gasteiger charge is 2.24. The van der Waals surface area contributed by atoms with E-state index in [-0.39, 0.29) is 10.8 Å². The van der Waals surface area contributed by atoms with E-state index in [1.165, 1.54) is 6.26 Å². The molecule has 18 heavy (non-hydrogen) atoms. The second-order valence-corrected chi connectivity index (χ2v) is 6.76. The van der Waals surface area contributed by atoms with E-state index in [4.69, 9.17) is 4.74 Å². The number of aliphatic hydroxyl groups excluding tert-OH is 1. The summed E-state index contributed by atoms with van der Waals surface area (Å²) in [5, 5.41) is 10.3. The molecule has 100 valence electrons. The van der Waals surface area contributed by atoms with Crippen LogP contribution in [0, 0.1) is 5.92 Å². The maximum absolute atomic E-state index is 11.5. The molecular formula is C13H18O4S. The van der Waals surface area contributed by atoms with Gasteiger partial charge < -0.3 is 9.84 Å². The Morgan fingerprint density at radius 3 is 2.61 bits per heavy atom. The fourth-order valence-electron chi connectivity index (χ4n) is 2.23. The van der Waals surface area contributed by atoms with Crippen LogP contribution in [0.15, 0.2) is 29.2 Å². The molecule has 0 radical (unpaired) electrons. The number of hydrogen-bond donors (Lipinski definition) is 1. The van der Waals surface area contributed by atoms with Crippen LogP contribution in [0.3, 0.4) is 0 Å². The Morgan fingerprint density at radius 2 is 2.00 bits per heavy atom. The van der Waals surface area contributed by atoms with Gasteiger partial charge in [0.05, 0.1) is 11.0 Å². The van der Waals surface area contributed by atoms with Gasteiger partial charge in [0.1, 0.15) is 0 Å². The van der Waals surface area contributed by atoms with Crippen molar-refractivity contribution in [1.82, 2.24) is 0 Å². The van der Waals surface area contributed by atoms with Gasteiger partial charge in [-0.3, -0.25) is 0 Å². The molecule has 0 bridgehead atoms. The number of sulfone groups is 1. The Labute approximate surface area is 108 Å². The third-order valence-corrected chi connectivity index (χ3v) is 4.45. The zero-order chi connectivity index (χ0) is 13.2. The highest BCUT2D eigenvalue weighted by Crippen LogP contribution is 2.30. The second kappa shape index (κ2) is 5.38. The largest absolute Gasteiger partial charge is 0.388 e. The second-order valence-electron chi connectivity index (χ2n) is 4.74. The number of hydrogen-bond acceptors (Lipinski definition) is 4. The molecule has 1 aliphatic heterocycles. The molecule has 0 aromatic heterocycles. The first kappa shape index (κ1) is 13.5. The van der Waals surface area contributed by atoms with Crippen molar-refractivity contribution in [1.29, 1.82) is 0 Å². The predicted molar refractivity (Wildman–Crippen MR) is 68.1 cm³/mol.